The Hall–Kier alpha value is -1.76. The van der Waals surface area contributed by atoms with Crippen LogP contribution in [0.2, 0.25) is 5.15 Å². The second-order valence-corrected chi connectivity index (χ2v) is 6.17. The van der Waals surface area contributed by atoms with Gasteiger partial charge in [0, 0.05) is 10.5 Å². The fourth-order valence-corrected chi connectivity index (χ4v) is 3.81. The second kappa shape index (κ2) is 5.32. The minimum absolute atomic E-state index is 0.151. The predicted octanol–water partition coefficient (Wildman–Crippen LogP) is 3.94. The zero-order chi connectivity index (χ0) is 14.1. The molecule has 0 aliphatic rings. The van der Waals surface area contributed by atoms with Crippen molar-refractivity contribution in [1.82, 2.24) is 4.37 Å². The summed E-state index contributed by atoms with van der Waals surface area (Å²) in [5.74, 6) is -1.01. The summed E-state index contributed by atoms with van der Waals surface area (Å²) >= 11 is 5.91. The van der Waals surface area contributed by atoms with E-state index in [0.717, 1.165) is 10.8 Å². The molecule has 2 aromatic carbocycles. The molecule has 3 aromatic rings. The summed E-state index contributed by atoms with van der Waals surface area (Å²) in [5.41, 5.74) is 0.535. The van der Waals surface area contributed by atoms with Crippen molar-refractivity contribution in [3.63, 3.8) is 0 Å². The van der Waals surface area contributed by atoms with E-state index in [1.807, 2.05) is 24.3 Å². The van der Waals surface area contributed by atoms with Gasteiger partial charge in [0.25, 0.3) is 0 Å². The number of carboxylic acids is 1. The lowest BCUT2D eigenvalue weighted by Gasteiger charge is -2.04. The first kappa shape index (κ1) is 13.2. The molecule has 0 fully saturated rings. The van der Waals surface area contributed by atoms with Gasteiger partial charge in [-0.15, -0.1) is 0 Å². The molecule has 1 N–H and O–H groups in total. The van der Waals surface area contributed by atoms with Crippen LogP contribution in [0.5, 0.6) is 0 Å². The van der Waals surface area contributed by atoms with Crippen LogP contribution in [0.1, 0.15) is 10.4 Å². The third kappa shape index (κ3) is 2.45. The van der Waals surface area contributed by atoms with Gasteiger partial charge in [-0.05, 0) is 33.2 Å². The Morgan fingerprint density at radius 2 is 1.95 bits per heavy atom. The molecule has 0 atom stereocenters. The van der Waals surface area contributed by atoms with E-state index in [9.17, 15) is 9.90 Å². The van der Waals surface area contributed by atoms with Crippen molar-refractivity contribution in [3.05, 3.63) is 51.8 Å². The highest BCUT2D eigenvalue weighted by Gasteiger charge is 2.11. The largest absolute Gasteiger partial charge is 0.478 e. The summed E-state index contributed by atoms with van der Waals surface area (Å²) in [6.07, 6.45) is 0. The second-order valence-electron chi connectivity index (χ2n) is 3.98. The highest BCUT2D eigenvalue weighted by atomic mass is 35.5. The van der Waals surface area contributed by atoms with Gasteiger partial charge in [0.1, 0.15) is 0 Å². The first-order valence-corrected chi connectivity index (χ1v) is 8.06. The van der Waals surface area contributed by atoms with Crippen LogP contribution < -0.4 is 4.67 Å². The number of halogens is 1. The lowest BCUT2D eigenvalue weighted by Crippen LogP contribution is -2.00. The van der Waals surface area contributed by atoms with Crippen molar-refractivity contribution in [2.45, 2.75) is 0 Å². The Bertz CT molecular complexity index is 870. The summed E-state index contributed by atoms with van der Waals surface area (Å²) < 4.78 is 4.46. The fourth-order valence-electron chi connectivity index (χ4n) is 1.83. The normalized spacial score (nSPS) is 11.9. The van der Waals surface area contributed by atoms with Crippen molar-refractivity contribution >= 4 is 54.9 Å². The average molecular weight is 323 g/mol. The van der Waals surface area contributed by atoms with E-state index >= 15 is 0 Å². The Kier molecular flexibility index (Phi) is 3.52. The SMILES string of the molecule is O=C(O)c1cc2ccccc2cc1N=c1ssnc1Cl. The Morgan fingerprint density at radius 3 is 2.55 bits per heavy atom. The maximum Gasteiger partial charge on any atom is 0.337 e. The summed E-state index contributed by atoms with van der Waals surface area (Å²) in [7, 11) is 2.53. The molecule has 7 heteroatoms. The number of nitrogens with zero attached hydrogens (tertiary/aromatic N) is 2. The van der Waals surface area contributed by atoms with Crippen LogP contribution in [0.15, 0.2) is 41.4 Å². The van der Waals surface area contributed by atoms with E-state index in [4.69, 9.17) is 11.6 Å². The molecular weight excluding hydrogens is 316 g/mol. The summed E-state index contributed by atoms with van der Waals surface area (Å²) in [6, 6.07) is 10.9. The lowest BCUT2D eigenvalue weighted by molar-refractivity contribution is 0.0698. The summed E-state index contributed by atoms with van der Waals surface area (Å²) in [4.78, 5) is 15.7. The molecular formula is C13H7ClN2O2S2. The number of fused-ring (bicyclic) bond motifs is 1. The molecule has 0 saturated heterocycles. The molecule has 1 heterocycles. The number of hydrogen-bond donors (Lipinski definition) is 1. The molecule has 0 amide bonds. The monoisotopic (exact) mass is 322 g/mol. The smallest absolute Gasteiger partial charge is 0.337 e. The standard InChI is InChI=1S/C13H7ClN2O2S2/c14-11-12(19-20-16-11)15-10-6-8-4-2-1-3-7(8)5-9(10)13(17)18/h1-6H,(H,17,18). The van der Waals surface area contributed by atoms with Gasteiger partial charge in [-0.3, -0.25) is 0 Å². The van der Waals surface area contributed by atoms with Crippen molar-refractivity contribution in [3.8, 4) is 0 Å². The molecule has 0 aliphatic heterocycles. The zero-order valence-electron chi connectivity index (χ0n) is 9.91. The summed E-state index contributed by atoms with van der Waals surface area (Å²) in [6.45, 7) is 0. The zero-order valence-corrected chi connectivity index (χ0v) is 12.3. The number of carboxylic acid groups (broad SMARTS) is 1. The van der Waals surface area contributed by atoms with Gasteiger partial charge in [0.2, 0.25) is 0 Å². The van der Waals surface area contributed by atoms with E-state index in [1.54, 1.807) is 12.1 Å². The number of rotatable bonds is 2. The number of benzene rings is 2. The maximum absolute atomic E-state index is 11.4. The van der Waals surface area contributed by atoms with Crippen LogP contribution in [-0.4, -0.2) is 15.4 Å². The molecule has 3 rings (SSSR count). The number of hydrogen-bond acceptors (Lipinski definition) is 5. The molecule has 0 saturated carbocycles. The third-order valence-corrected chi connectivity index (χ3v) is 4.90. The van der Waals surface area contributed by atoms with E-state index < -0.39 is 5.97 Å². The van der Waals surface area contributed by atoms with Gasteiger partial charge in [-0.2, -0.15) is 4.37 Å². The number of aromatic nitrogens is 1. The van der Waals surface area contributed by atoms with Gasteiger partial charge in [-0.1, -0.05) is 35.9 Å². The summed E-state index contributed by atoms with van der Waals surface area (Å²) in [5, 5.41) is 11.4. The van der Waals surface area contributed by atoms with Gasteiger partial charge in [0.15, 0.2) is 9.82 Å². The van der Waals surface area contributed by atoms with E-state index in [0.29, 0.717) is 15.5 Å². The molecule has 0 radical (unpaired) electrons. The van der Waals surface area contributed by atoms with Crippen LogP contribution in [0, 0.1) is 0 Å². The number of carbonyl (C=O) groups is 1. The quantitative estimate of drug-likeness (QED) is 0.727. The van der Waals surface area contributed by atoms with Gasteiger partial charge in [0.05, 0.1) is 11.3 Å². The van der Waals surface area contributed by atoms with Crippen molar-refractivity contribution in [2.75, 3.05) is 0 Å². The minimum Gasteiger partial charge on any atom is -0.478 e. The molecule has 0 aliphatic carbocycles. The van der Waals surface area contributed by atoms with Gasteiger partial charge < -0.3 is 5.11 Å². The third-order valence-electron chi connectivity index (χ3n) is 2.73. The lowest BCUT2D eigenvalue weighted by atomic mass is 10.1. The van der Waals surface area contributed by atoms with Crippen molar-refractivity contribution in [1.29, 1.82) is 0 Å². The van der Waals surface area contributed by atoms with E-state index in [1.165, 1.54) is 20.9 Å². The first-order valence-electron chi connectivity index (χ1n) is 5.57. The van der Waals surface area contributed by atoms with Crippen molar-refractivity contribution < 1.29 is 9.90 Å². The Balaban J connectivity index is 2.31. The average Bonchev–Trinajstić information content (AvgIpc) is 2.83. The minimum atomic E-state index is -1.01. The van der Waals surface area contributed by atoms with Gasteiger partial charge in [-0.25, -0.2) is 9.79 Å². The highest BCUT2D eigenvalue weighted by Crippen LogP contribution is 2.26. The maximum atomic E-state index is 11.4. The fraction of sp³-hybridized carbons (Fsp3) is 0. The molecule has 20 heavy (non-hydrogen) atoms. The molecule has 1 aromatic heterocycles. The predicted molar refractivity (Wildman–Crippen MR) is 81.1 cm³/mol. The van der Waals surface area contributed by atoms with Gasteiger partial charge >= 0.3 is 5.97 Å². The Morgan fingerprint density at radius 1 is 1.25 bits per heavy atom. The molecule has 0 unspecified atom stereocenters. The topological polar surface area (TPSA) is 62.5 Å². The van der Waals surface area contributed by atoms with Crippen molar-refractivity contribution in [2.24, 2.45) is 4.99 Å². The van der Waals surface area contributed by atoms with Crippen LogP contribution in [0.3, 0.4) is 0 Å². The molecule has 4 nitrogen and oxygen atoms in total. The van der Waals surface area contributed by atoms with Crippen LogP contribution in [0.4, 0.5) is 5.69 Å². The number of aromatic carboxylic acids is 1. The van der Waals surface area contributed by atoms with Crippen LogP contribution >= 0.6 is 32.5 Å². The first-order chi connectivity index (χ1) is 9.65. The van der Waals surface area contributed by atoms with E-state index in [2.05, 4.69) is 9.37 Å². The molecule has 100 valence electrons. The highest BCUT2D eigenvalue weighted by molar-refractivity contribution is 7.66. The van der Waals surface area contributed by atoms with Crippen LogP contribution in [0.25, 0.3) is 10.8 Å². The van der Waals surface area contributed by atoms with E-state index in [-0.39, 0.29) is 5.56 Å². The van der Waals surface area contributed by atoms with Crippen LogP contribution in [-0.2, 0) is 0 Å². The molecule has 0 spiro atoms. The Labute approximate surface area is 126 Å². The molecule has 0 bridgehead atoms.